The number of carbonyl (C=O) groups excluding carboxylic acids is 2. The molecule has 2 heterocycles. The summed E-state index contributed by atoms with van der Waals surface area (Å²) in [6, 6.07) is 8.25. The van der Waals surface area contributed by atoms with Crippen molar-refractivity contribution in [2.75, 3.05) is 4.90 Å². The lowest BCUT2D eigenvalue weighted by Crippen LogP contribution is -2.54. The second-order valence-electron chi connectivity index (χ2n) is 7.93. The summed E-state index contributed by atoms with van der Waals surface area (Å²) >= 11 is 5.30. The number of aryl methyl sites for hydroxylation is 2. The molecular formula is C23H25N3O2S. The third-order valence-corrected chi connectivity index (χ3v) is 6.02. The first-order valence-electron chi connectivity index (χ1n) is 10.1. The van der Waals surface area contributed by atoms with E-state index in [1.807, 2.05) is 50.5 Å². The Labute approximate surface area is 176 Å². The highest BCUT2D eigenvalue weighted by Crippen LogP contribution is 2.29. The van der Waals surface area contributed by atoms with Gasteiger partial charge in [-0.1, -0.05) is 37.0 Å². The zero-order valence-corrected chi connectivity index (χ0v) is 17.6. The zero-order valence-electron chi connectivity index (χ0n) is 16.8. The molecule has 2 aromatic rings. The summed E-state index contributed by atoms with van der Waals surface area (Å²) < 4.78 is 2.21. The van der Waals surface area contributed by atoms with Crippen LogP contribution in [0.4, 0.5) is 5.69 Å². The van der Waals surface area contributed by atoms with Crippen LogP contribution in [-0.2, 0) is 9.59 Å². The Morgan fingerprint density at radius 2 is 1.86 bits per heavy atom. The standard InChI is InChI=1S/C23H25N3O2S/c1-15-8-9-20(16(2)12-15)26-22(28)19(21(27)24-23(26)29)13-17-10-11-25(14-17)18-6-4-3-5-7-18/h8-14,18H,3-7H2,1-2H3,(H,24,27,29)/b19-13-. The van der Waals surface area contributed by atoms with Gasteiger partial charge in [0, 0.05) is 18.4 Å². The van der Waals surface area contributed by atoms with Crippen LogP contribution < -0.4 is 10.2 Å². The lowest BCUT2D eigenvalue weighted by molar-refractivity contribution is -0.122. The first kappa shape index (κ1) is 19.6. The van der Waals surface area contributed by atoms with Gasteiger partial charge in [0.25, 0.3) is 11.8 Å². The van der Waals surface area contributed by atoms with Crippen molar-refractivity contribution in [2.24, 2.45) is 0 Å². The molecule has 0 spiro atoms. The number of carbonyl (C=O) groups is 2. The van der Waals surface area contributed by atoms with Gasteiger partial charge in [-0.05, 0) is 68.2 Å². The number of hydrogen-bond acceptors (Lipinski definition) is 3. The van der Waals surface area contributed by atoms with Gasteiger partial charge in [-0.15, -0.1) is 0 Å². The normalized spacial score (nSPS) is 19.7. The summed E-state index contributed by atoms with van der Waals surface area (Å²) in [5, 5.41) is 2.78. The minimum absolute atomic E-state index is 0.0972. The molecule has 2 amide bonds. The Hall–Kier alpha value is -2.73. The van der Waals surface area contributed by atoms with Gasteiger partial charge in [0.15, 0.2) is 5.11 Å². The molecule has 6 heteroatoms. The molecule has 0 radical (unpaired) electrons. The van der Waals surface area contributed by atoms with Crippen LogP contribution in [0.2, 0.25) is 0 Å². The fraction of sp³-hybridized carbons (Fsp3) is 0.348. The quantitative estimate of drug-likeness (QED) is 0.465. The third-order valence-electron chi connectivity index (χ3n) is 5.74. The van der Waals surface area contributed by atoms with Gasteiger partial charge in [-0.2, -0.15) is 0 Å². The Bertz CT molecular complexity index is 1010. The average Bonchev–Trinajstić information content (AvgIpc) is 3.16. The van der Waals surface area contributed by atoms with Crippen molar-refractivity contribution in [3.8, 4) is 0 Å². The SMILES string of the molecule is Cc1ccc(N2C(=O)/C(=C\c3ccn(C4CCCCC4)c3)C(=O)NC2=S)c(C)c1. The molecule has 0 atom stereocenters. The summed E-state index contributed by atoms with van der Waals surface area (Å²) in [5.41, 5.74) is 3.67. The van der Waals surface area contributed by atoms with Crippen LogP contribution in [0.5, 0.6) is 0 Å². The van der Waals surface area contributed by atoms with Crippen LogP contribution in [0.25, 0.3) is 6.08 Å². The van der Waals surface area contributed by atoms with E-state index < -0.39 is 11.8 Å². The zero-order chi connectivity index (χ0) is 20.5. The van der Waals surface area contributed by atoms with Gasteiger partial charge in [0.1, 0.15) is 5.57 Å². The molecule has 2 aliphatic rings. The average molecular weight is 408 g/mol. The largest absolute Gasteiger partial charge is 0.351 e. The molecule has 2 fully saturated rings. The molecule has 1 aromatic carbocycles. The Morgan fingerprint density at radius 1 is 1.10 bits per heavy atom. The van der Waals surface area contributed by atoms with Crippen LogP contribution in [0.15, 0.2) is 42.2 Å². The van der Waals surface area contributed by atoms with E-state index in [0.717, 1.165) is 16.7 Å². The Kier molecular flexibility index (Phi) is 5.37. The molecule has 1 saturated carbocycles. The maximum Gasteiger partial charge on any atom is 0.270 e. The summed E-state index contributed by atoms with van der Waals surface area (Å²) in [6.45, 7) is 3.93. The molecule has 1 aromatic heterocycles. The molecule has 0 bridgehead atoms. The summed E-state index contributed by atoms with van der Waals surface area (Å²) in [6.07, 6.45) is 11.9. The number of anilines is 1. The third kappa shape index (κ3) is 3.90. The van der Waals surface area contributed by atoms with E-state index in [9.17, 15) is 9.59 Å². The van der Waals surface area contributed by atoms with Gasteiger partial charge >= 0.3 is 0 Å². The van der Waals surface area contributed by atoms with Crippen molar-refractivity contribution in [3.63, 3.8) is 0 Å². The fourth-order valence-corrected chi connectivity index (χ4v) is 4.50. The summed E-state index contributed by atoms with van der Waals surface area (Å²) in [4.78, 5) is 27.1. The van der Waals surface area contributed by atoms with Crippen LogP contribution in [0.3, 0.4) is 0 Å². The van der Waals surface area contributed by atoms with Gasteiger partial charge < -0.3 is 4.57 Å². The second-order valence-corrected chi connectivity index (χ2v) is 8.32. The van der Waals surface area contributed by atoms with Crippen molar-refractivity contribution >= 4 is 40.9 Å². The molecule has 1 saturated heterocycles. The van der Waals surface area contributed by atoms with Crippen molar-refractivity contribution < 1.29 is 9.59 Å². The second kappa shape index (κ2) is 7.95. The highest BCUT2D eigenvalue weighted by atomic mass is 32.1. The first-order chi connectivity index (χ1) is 13.9. The molecule has 5 nitrogen and oxygen atoms in total. The van der Waals surface area contributed by atoms with Gasteiger partial charge in [0.2, 0.25) is 0 Å². The van der Waals surface area contributed by atoms with E-state index >= 15 is 0 Å². The number of hydrogen-bond donors (Lipinski definition) is 1. The predicted molar refractivity (Wildman–Crippen MR) is 119 cm³/mol. The minimum Gasteiger partial charge on any atom is -0.351 e. The van der Waals surface area contributed by atoms with Crippen molar-refractivity contribution in [1.82, 2.24) is 9.88 Å². The summed E-state index contributed by atoms with van der Waals surface area (Å²) in [5.74, 6) is -0.845. The maximum absolute atomic E-state index is 13.2. The topological polar surface area (TPSA) is 54.3 Å². The molecule has 29 heavy (non-hydrogen) atoms. The van der Waals surface area contributed by atoms with E-state index in [1.165, 1.54) is 37.0 Å². The number of aromatic nitrogens is 1. The number of nitrogens with zero attached hydrogens (tertiary/aromatic N) is 2. The van der Waals surface area contributed by atoms with Crippen LogP contribution in [0.1, 0.15) is 54.8 Å². The number of rotatable bonds is 3. The van der Waals surface area contributed by atoms with Crippen molar-refractivity contribution in [3.05, 3.63) is 58.9 Å². The van der Waals surface area contributed by atoms with Gasteiger partial charge in [-0.3, -0.25) is 19.8 Å². The minimum atomic E-state index is -0.452. The molecule has 4 rings (SSSR count). The Balaban J connectivity index is 1.64. The highest BCUT2D eigenvalue weighted by Gasteiger charge is 2.35. The van der Waals surface area contributed by atoms with Gasteiger partial charge in [0.05, 0.1) is 5.69 Å². The highest BCUT2D eigenvalue weighted by molar-refractivity contribution is 7.80. The van der Waals surface area contributed by atoms with Gasteiger partial charge in [-0.25, -0.2) is 0 Å². The molecule has 1 aliphatic carbocycles. The van der Waals surface area contributed by atoms with E-state index in [-0.39, 0.29) is 10.7 Å². The van der Waals surface area contributed by atoms with Crippen molar-refractivity contribution in [2.45, 2.75) is 52.0 Å². The van der Waals surface area contributed by atoms with Crippen LogP contribution >= 0.6 is 12.2 Å². The molecule has 1 N–H and O–H groups in total. The first-order valence-corrected chi connectivity index (χ1v) is 10.5. The molecular weight excluding hydrogens is 382 g/mol. The lowest BCUT2D eigenvalue weighted by Gasteiger charge is -2.30. The number of thiocarbonyl (C=S) groups is 1. The maximum atomic E-state index is 13.2. The predicted octanol–water partition coefficient (Wildman–Crippen LogP) is 4.44. The monoisotopic (exact) mass is 407 g/mol. The molecule has 1 aliphatic heterocycles. The van der Waals surface area contributed by atoms with Crippen molar-refractivity contribution in [1.29, 1.82) is 0 Å². The van der Waals surface area contributed by atoms with E-state index in [4.69, 9.17) is 12.2 Å². The number of nitrogens with one attached hydrogen (secondary N) is 1. The van der Waals surface area contributed by atoms with E-state index in [1.54, 1.807) is 6.08 Å². The molecule has 150 valence electrons. The smallest absolute Gasteiger partial charge is 0.270 e. The van der Waals surface area contributed by atoms with E-state index in [2.05, 4.69) is 9.88 Å². The molecule has 0 unspecified atom stereocenters. The fourth-order valence-electron chi connectivity index (χ4n) is 4.22. The van der Waals surface area contributed by atoms with E-state index in [0.29, 0.717) is 11.7 Å². The lowest BCUT2D eigenvalue weighted by atomic mass is 9.95. The van der Waals surface area contributed by atoms with Crippen LogP contribution in [-0.4, -0.2) is 21.5 Å². The summed E-state index contributed by atoms with van der Waals surface area (Å²) in [7, 11) is 0. The van der Waals surface area contributed by atoms with Crippen LogP contribution in [0, 0.1) is 13.8 Å². The number of benzene rings is 1. The number of amides is 2. The Morgan fingerprint density at radius 3 is 2.59 bits per heavy atom.